The summed E-state index contributed by atoms with van der Waals surface area (Å²) in [5.74, 6) is -1.17. The molecule has 1 N–H and O–H groups in total. The topological polar surface area (TPSA) is 69.0 Å². The van der Waals surface area contributed by atoms with Crippen molar-refractivity contribution in [2.24, 2.45) is 0 Å². The molecule has 0 radical (unpaired) electrons. The summed E-state index contributed by atoms with van der Waals surface area (Å²) in [6.45, 7) is 1.44. The molecule has 6 nitrogen and oxygen atoms in total. The first kappa shape index (κ1) is 13.7. The average Bonchev–Trinajstić information content (AvgIpc) is 3.12. The van der Waals surface area contributed by atoms with Crippen molar-refractivity contribution in [1.29, 1.82) is 0 Å². The summed E-state index contributed by atoms with van der Waals surface area (Å²) in [7, 11) is 0. The highest BCUT2D eigenvalue weighted by Crippen LogP contribution is 2.15. The van der Waals surface area contributed by atoms with Gasteiger partial charge in [-0.1, -0.05) is 0 Å². The number of anilines is 1. The van der Waals surface area contributed by atoms with Crippen LogP contribution in [0.5, 0.6) is 0 Å². The van der Waals surface area contributed by atoms with Gasteiger partial charge in [-0.25, -0.2) is 4.39 Å². The number of ether oxygens (including phenoxy) is 1. The van der Waals surface area contributed by atoms with Gasteiger partial charge in [0.15, 0.2) is 5.82 Å². The van der Waals surface area contributed by atoms with Crippen molar-refractivity contribution in [2.45, 2.75) is 25.5 Å². The number of carbonyl (C=O) groups is 1. The maximum absolute atomic E-state index is 13.5. The van der Waals surface area contributed by atoms with E-state index in [4.69, 9.17) is 4.74 Å². The average molecular weight is 290 g/mol. The Hall–Kier alpha value is -2.28. The number of hydrogen-bond acceptors (Lipinski definition) is 4. The molecular weight excluding hydrogens is 275 g/mol. The van der Waals surface area contributed by atoms with Crippen molar-refractivity contribution in [3.63, 3.8) is 0 Å². The summed E-state index contributed by atoms with van der Waals surface area (Å²) in [5.41, 5.74) is 0.478. The van der Waals surface area contributed by atoms with Crippen LogP contribution in [0.4, 0.5) is 10.1 Å². The Kier molecular flexibility index (Phi) is 3.92. The van der Waals surface area contributed by atoms with E-state index in [0.717, 1.165) is 25.6 Å². The second kappa shape index (κ2) is 6.01. The van der Waals surface area contributed by atoms with Gasteiger partial charge in [0.05, 0.1) is 36.3 Å². The smallest absolute Gasteiger partial charge is 0.258 e. The number of pyridine rings is 1. The number of amides is 1. The van der Waals surface area contributed by atoms with E-state index < -0.39 is 11.7 Å². The maximum atomic E-state index is 13.5. The molecule has 1 aliphatic rings. The van der Waals surface area contributed by atoms with Crippen molar-refractivity contribution in [2.75, 3.05) is 11.9 Å². The lowest BCUT2D eigenvalue weighted by molar-refractivity contribution is 0.0940. The molecule has 1 aliphatic heterocycles. The monoisotopic (exact) mass is 290 g/mol. The molecule has 3 heterocycles. The summed E-state index contributed by atoms with van der Waals surface area (Å²) in [4.78, 5) is 15.6. The van der Waals surface area contributed by atoms with Crippen LogP contribution in [0.15, 0.2) is 30.9 Å². The van der Waals surface area contributed by atoms with Gasteiger partial charge in [-0.15, -0.1) is 0 Å². The number of aromatic nitrogens is 3. The molecule has 110 valence electrons. The van der Waals surface area contributed by atoms with Crippen LogP contribution in [0, 0.1) is 5.82 Å². The lowest BCUT2D eigenvalue weighted by Gasteiger charge is -2.08. The maximum Gasteiger partial charge on any atom is 0.258 e. The van der Waals surface area contributed by atoms with Crippen molar-refractivity contribution < 1.29 is 13.9 Å². The Morgan fingerprint density at radius 3 is 3.19 bits per heavy atom. The fraction of sp³-hybridized carbons (Fsp3) is 0.357. The summed E-state index contributed by atoms with van der Waals surface area (Å²) >= 11 is 0. The quantitative estimate of drug-likeness (QED) is 0.933. The number of nitrogens with one attached hydrogen (secondary N) is 1. The Morgan fingerprint density at radius 2 is 2.43 bits per heavy atom. The van der Waals surface area contributed by atoms with Gasteiger partial charge in [-0.2, -0.15) is 5.10 Å². The van der Waals surface area contributed by atoms with E-state index in [9.17, 15) is 9.18 Å². The molecule has 2 aromatic heterocycles. The third kappa shape index (κ3) is 3.25. The van der Waals surface area contributed by atoms with E-state index in [1.165, 1.54) is 18.5 Å². The molecule has 2 aromatic rings. The minimum Gasteiger partial charge on any atom is -0.376 e. The lowest BCUT2D eigenvalue weighted by Crippen LogP contribution is -2.15. The van der Waals surface area contributed by atoms with Crippen LogP contribution in [0.1, 0.15) is 23.2 Å². The molecule has 0 spiro atoms. The Bertz CT molecular complexity index is 637. The van der Waals surface area contributed by atoms with Crippen LogP contribution >= 0.6 is 0 Å². The van der Waals surface area contributed by atoms with Gasteiger partial charge in [0.1, 0.15) is 0 Å². The van der Waals surface area contributed by atoms with Crippen LogP contribution in [-0.2, 0) is 11.3 Å². The van der Waals surface area contributed by atoms with Crippen molar-refractivity contribution in [1.82, 2.24) is 14.8 Å². The molecule has 0 aromatic carbocycles. The first-order valence-corrected chi connectivity index (χ1v) is 6.77. The van der Waals surface area contributed by atoms with Crippen molar-refractivity contribution >= 4 is 11.6 Å². The van der Waals surface area contributed by atoms with Crippen LogP contribution in [0.2, 0.25) is 0 Å². The van der Waals surface area contributed by atoms with E-state index in [1.807, 2.05) is 0 Å². The van der Waals surface area contributed by atoms with Gasteiger partial charge in [0.2, 0.25) is 0 Å². The zero-order valence-electron chi connectivity index (χ0n) is 11.3. The summed E-state index contributed by atoms with van der Waals surface area (Å²) in [5, 5.41) is 6.78. The predicted molar refractivity (Wildman–Crippen MR) is 73.3 cm³/mol. The number of rotatable bonds is 4. The molecule has 21 heavy (non-hydrogen) atoms. The Labute approximate surface area is 120 Å². The highest BCUT2D eigenvalue weighted by molar-refractivity contribution is 6.04. The Morgan fingerprint density at radius 1 is 1.52 bits per heavy atom. The molecule has 3 rings (SSSR count). The third-order valence-electron chi connectivity index (χ3n) is 3.32. The van der Waals surface area contributed by atoms with Gasteiger partial charge < -0.3 is 10.1 Å². The van der Waals surface area contributed by atoms with Gasteiger partial charge >= 0.3 is 0 Å². The van der Waals surface area contributed by atoms with E-state index >= 15 is 0 Å². The molecule has 1 atom stereocenters. The minimum absolute atomic E-state index is 0.0446. The Balaban J connectivity index is 1.64. The summed E-state index contributed by atoms with van der Waals surface area (Å²) in [6.07, 6.45) is 7.88. The van der Waals surface area contributed by atoms with Crippen LogP contribution in [-0.4, -0.2) is 33.4 Å². The summed E-state index contributed by atoms with van der Waals surface area (Å²) in [6, 6.07) is 1.33. The van der Waals surface area contributed by atoms with E-state index in [2.05, 4.69) is 15.4 Å². The lowest BCUT2D eigenvalue weighted by atomic mass is 10.2. The summed E-state index contributed by atoms with van der Waals surface area (Å²) < 4.78 is 20.7. The molecule has 1 amide bonds. The molecule has 1 unspecified atom stereocenters. The highest BCUT2D eigenvalue weighted by Gasteiger charge is 2.17. The first-order chi connectivity index (χ1) is 10.2. The number of carbonyl (C=O) groups excluding carboxylic acids is 1. The molecule has 1 fully saturated rings. The van der Waals surface area contributed by atoms with Gasteiger partial charge in [0.25, 0.3) is 5.91 Å². The second-order valence-electron chi connectivity index (χ2n) is 4.90. The number of hydrogen-bond donors (Lipinski definition) is 1. The molecule has 0 aliphatic carbocycles. The van der Waals surface area contributed by atoms with Crippen LogP contribution < -0.4 is 5.32 Å². The number of halogens is 1. The standard InChI is InChI=1S/C14H15FN4O2/c15-13-7-16-4-3-12(13)14(20)18-10-6-17-19(8-10)9-11-2-1-5-21-11/h3-4,6-8,11H,1-2,5,9H2,(H,18,20). The van der Waals surface area contributed by atoms with E-state index in [-0.39, 0.29) is 11.7 Å². The molecule has 7 heteroatoms. The van der Waals surface area contributed by atoms with Gasteiger partial charge in [-0.3, -0.25) is 14.5 Å². The van der Waals surface area contributed by atoms with Crippen LogP contribution in [0.3, 0.4) is 0 Å². The van der Waals surface area contributed by atoms with Crippen molar-refractivity contribution in [3.05, 3.63) is 42.2 Å². The second-order valence-corrected chi connectivity index (χ2v) is 4.90. The third-order valence-corrected chi connectivity index (χ3v) is 3.32. The largest absolute Gasteiger partial charge is 0.376 e. The fourth-order valence-electron chi connectivity index (χ4n) is 2.28. The zero-order valence-corrected chi connectivity index (χ0v) is 11.3. The predicted octanol–water partition coefficient (Wildman–Crippen LogP) is 1.85. The molecule has 0 bridgehead atoms. The minimum atomic E-state index is -0.651. The van der Waals surface area contributed by atoms with E-state index in [1.54, 1.807) is 10.9 Å². The van der Waals surface area contributed by atoms with Gasteiger partial charge in [0, 0.05) is 19.0 Å². The van der Waals surface area contributed by atoms with Crippen LogP contribution in [0.25, 0.3) is 0 Å². The molecule has 1 saturated heterocycles. The fourth-order valence-corrected chi connectivity index (χ4v) is 2.28. The highest BCUT2D eigenvalue weighted by atomic mass is 19.1. The van der Waals surface area contributed by atoms with Crippen molar-refractivity contribution in [3.8, 4) is 0 Å². The molecular formula is C14H15FN4O2. The SMILES string of the molecule is O=C(Nc1cnn(CC2CCCO2)c1)c1ccncc1F. The normalized spacial score (nSPS) is 17.9. The zero-order chi connectivity index (χ0) is 14.7. The molecule has 0 saturated carbocycles. The first-order valence-electron chi connectivity index (χ1n) is 6.77. The van der Waals surface area contributed by atoms with E-state index in [0.29, 0.717) is 12.2 Å². The van der Waals surface area contributed by atoms with Gasteiger partial charge in [-0.05, 0) is 18.9 Å². The number of nitrogens with zero attached hydrogens (tertiary/aromatic N) is 3.